The van der Waals surface area contributed by atoms with Crippen LogP contribution in [0.4, 0.5) is 5.82 Å². The molecule has 1 atom stereocenters. The number of rotatable bonds is 3. The molecule has 64 valence electrons. The lowest BCUT2D eigenvalue weighted by atomic mass is 10.6. The van der Waals surface area contributed by atoms with Gasteiger partial charge in [0.05, 0.1) is 0 Å². The molecule has 0 aromatic carbocycles. The third-order valence-electron chi connectivity index (χ3n) is 0.989. The number of amides is 1. The Morgan fingerprint density at radius 2 is 2.42 bits per heavy atom. The highest BCUT2D eigenvalue weighted by atomic mass is 32.2. The van der Waals surface area contributed by atoms with Gasteiger partial charge >= 0.3 is 0 Å². The first-order chi connectivity index (χ1) is 5.74. The van der Waals surface area contributed by atoms with Crippen molar-refractivity contribution in [3.8, 4) is 0 Å². The zero-order valence-electron chi connectivity index (χ0n) is 5.76. The SMILES string of the molecule is O=CNc1ccnc(S(=O)[O-])n1. The smallest absolute Gasteiger partial charge is 0.212 e. The molecule has 0 spiro atoms. The normalized spacial score (nSPS) is 12.1. The third-order valence-corrected chi connectivity index (χ3v) is 1.48. The van der Waals surface area contributed by atoms with Crippen LogP contribution in [-0.2, 0) is 15.9 Å². The fraction of sp³-hybridized carbons (Fsp3) is 0. The Bertz CT molecular complexity index is 317. The maximum absolute atomic E-state index is 10.3. The fourth-order valence-electron chi connectivity index (χ4n) is 0.562. The van der Waals surface area contributed by atoms with E-state index in [9.17, 15) is 13.6 Å². The van der Waals surface area contributed by atoms with Gasteiger partial charge in [-0.1, -0.05) is 0 Å². The summed E-state index contributed by atoms with van der Waals surface area (Å²) < 4.78 is 20.6. The van der Waals surface area contributed by atoms with E-state index in [1.165, 1.54) is 12.3 Å². The first-order valence-corrected chi connectivity index (χ1v) is 3.94. The highest BCUT2D eigenvalue weighted by Gasteiger charge is 1.97. The van der Waals surface area contributed by atoms with Gasteiger partial charge in [0.25, 0.3) is 0 Å². The van der Waals surface area contributed by atoms with Gasteiger partial charge in [-0.2, -0.15) is 0 Å². The Kier molecular flexibility index (Phi) is 2.83. The van der Waals surface area contributed by atoms with E-state index in [4.69, 9.17) is 0 Å². The van der Waals surface area contributed by atoms with Crippen LogP contribution in [0.5, 0.6) is 0 Å². The van der Waals surface area contributed by atoms with E-state index in [1.54, 1.807) is 0 Å². The van der Waals surface area contributed by atoms with E-state index >= 15 is 0 Å². The van der Waals surface area contributed by atoms with Crippen molar-refractivity contribution in [2.24, 2.45) is 0 Å². The van der Waals surface area contributed by atoms with Gasteiger partial charge in [-0.15, -0.1) is 0 Å². The molecule has 1 unspecified atom stereocenters. The van der Waals surface area contributed by atoms with Crippen LogP contribution in [0.2, 0.25) is 0 Å². The number of carbonyl (C=O) groups is 1. The molecule has 0 bridgehead atoms. The second-order valence-corrected chi connectivity index (χ2v) is 2.56. The summed E-state index contributed by atoms with van der Waals surface area (Å²) in [6.45, 7) is 0. The van der Waals surface area contributed by atoms with Crippen LogP contribution >= 0.6 is 0 Å². The molecule has 1 amide bonds. The van der Waals surface area contributed by atoms with Gasteiger partial charge in [0, 0.05) is 17.3 Å². The quantitative estimate of drug-likeness (QED) is 0.382. The predicted octanol–water partition coefficient (Wildman–Crippen LogP) is -0.717. The summed E-state index contributed by atoms with van der Waals surface area (Å²) in [4.78, 5) is 16.9. The number of hydrogen-bond acceptors (Lipinski definition) is 5. The molecule has 6 nitrogen and oxygen atoms in total. The van der Waals surface area contributed by atoms with Crippen molar-refractivity contribution in [1.29, 1.82) is 0 Å². The van der Waals surface area contributed by atoms with Gasteiger partial charge < -0.3 is 9.87 Å². The zero-order chi connectivity index (χ0) is 8.97. The zero-order valence-corrected chi connectivity index (χ0v) is 6.58. The summed E-state index contributed by atoms with van der Waals surface area (Å²) >= 11 is -2.47. The number of nitrogens with zero attached hydrogens (tertiary/aromatic N) is 2. The molecule has 0 radical (unpaired) electrons. The van der Waals surface area contributed by atoms with Crippen LogP contribution in [0, 0.1) is 0 Å². The van der Waals surface area contributed by atoms with Crippen LogP contribution in [0.3, 0.4) is 0 Å². The molecule has 0 saturated heterocycles. The lowest BCUT2D eigenvalue weighted by molar-refractivity contribution is -0.105. The lowest BCUT2D eigenvalue weighted by Gasteiger charge is -2.03. The summed E-state index contributed by atoms with van der Waals surface area (Å²) in [7, 11) is 0. The van der Waals surface area contributed by atoms with Gasteiger partial charge in [0.1, 0.15) is 5.82 Å². The highest BCUT2D eigenvalue weighted by Crippen LogP contribution is 2.02. The van der Waals surface area contributed by atoms with Crippen LogP contribution < -0.4 is 5.32 Å². The molecule has 0 aliphatic rings. The van der Waals surface area contributed by atoms with Crippen molar-refractivity contribution in [2.75, 3.05) is 5.32 Å². The Hall–Kier alpha value is -1.34. The summed E-state index contributed by atoms with van der Waals surface area (Å²) in [6.07, 6.45) is 1.64. The summed E-state index contributed by atoms with van der Waals surface area (Å²) in [6, 6.07) is 1.38. The molecule has 1 rings (SSSR count). The summed E-state index contributed by atoms with van der Waals surface area (Å²) in [5, 5.41) is 1.85. The first kappa shape index (κ1) is 8.75. The number of aromatic nitrogens is 2. The van der Waals surface area contributed by atoms with Gasteiger partial charge in [-0.3, -0.25) is 9.00 Å². The van der Waals surface area contributed by atoms with E-state index in [1.807, 2.05) is 0 Å². The minimum Gasteiger partial charge on any atom is -0.766 e. The molecule has 0 aliphatic heterocycles. The number of anilines is 1. The predicted molar refractivity (Wildman–Crippen MR) is 38.9 cm³/mol. The lowest BCUT2D eigenvalue weighted by Crippen LogP contribution is -2.02. The van der Waals surface area contributed by atoms with Crippen molar-refractivity contribution in [2.45, 2.75) is 5.16 Å². The second-order valence-electron chi connectivity index (χ2n) is 1.72. The van der Waals surface area contributed by atoms with E-state index in [0.717, 1.165) is 0 Å². The number of carbonyl (C=O) groups excluding carboxylic acids is 1. The van der Waals surface area contributed by atoms with Crippen molar-refractivity contribution in [3.63, 3.8) is 0 Å². The van der Waals surface area contributed by atoms with Crippen LogP contribution in [0.1, 0.15) is 0 Å². The van der Waals surface area contributed by atoms with Crippen LogP contribution in [0.15, 0.2) is 17.4 Å². The molecular weight excluding hydrogens is 182 g/mol. The molecule has 7 heteroatoms. The fourth-order valence-corrected chi connectivity index (χ4v) is 0.882. The second kappa shape index (κ2) is 3.88. The minimum absolute atomic E-state index is 0.152. The first-order valence-electron chi connectivity index (χ1n) is 2.86. The molecule has 1 N–H and O–H groups in total. The topological polar surface area (TPSA) is 95.0 Å². The van der Waals surface area contributed by atoms with E-state index in [-0.39, 0.29) is 11.0 Å². The largest absolute Gasteiger partial charge is 0.766 e. The molecule has 1 heterocycles. The Balaban J connectivity index is 2.95. The Morgan fingerprint density at radius 3 is 3.00 bits per heavy atom. The van der Waals surface area contributed by atoms with E-state index in [0.29, 0.717) is 6.41 Å². The average molecular weight is 186 g/mol. The van der Waals surface area contributed by atoms with Gasteiger partial charge in [0.15, 0.2) is 0 Å². The van der Waals surface area contributed by atoms with Crippen molar-refractivity contribution in [3.05, 3.63) is 12.3 Å². The molecule has 0 aliphatic carbocycles. The average Bonchev–Trinajstić information content (AvgIpc) is 2.05. The number of nitrogens with one attached hydrogen (secondary N) is 1. The minimum atomic E-state index is -2.47. The van der Waals surface area contributed by atoms with E-state index < -0.39 is 11.1 Å². The monoisotopic (exact) mass is 186 g/mol. The maximum Gasteiger partial charge on any atom is 0.212 e. The molecule has 0 fully saturated rings. The van der Waals surface area contributed by atoms with E-state index in [2.05, 4.69) is 15.3 Å². The molecule has 1 aromatic rings. The van der Waals surface area contributed by atoms with Crippen molar-refractivity contribution < 1.29 is 13.6 Å². The van der Waals surface area contributed by atoms with Crippen LogP contribution in [-0.4, -0.2) is 25.1 Å². The van der Waals surface area contributed by atoms with Crippen LogP contribution in [0.25, 0.3) is 0 Å². The van der Waals surface area contributed by atoms with Gasteiger partial charge in [-0.05, 0) is 6.07 Å². The van der Waals surface area contributed by atoms with Gasteiger partial charge in [-0.25, -0.2) is 9.97 Å². The van der Waals surface area contributed by atoms with Crippen molar-refractivity contribution in [1.82, 2.24) is 9.97 Å². The molecule has 0 saturated carbocycles. The molecule has 1 aromatic heterocycles. The summed E-state index contributed by atoms with van der Waals surface area (Å²) in [5.41, 5.74) is 0. The molecule has 12 heavy (non-hydrogen) atoms. The molecular formula is C5H4N3O3S-. The third kappa shape index (κ3) is 2.07. The van der Waals surface area contributed by atoms with Crippen molar-refractivity contribution >= 4 is 23.3 Å². The standard InChI is InChI=1S/C5H5N3O3S/c9-3-7-4-1-2-6-5(8-4)12(10)11/h1-3H,(H,10,11)(H,6,7,8,9)/p-1. The maximum atomic E-state index is 10.3. The highest BCUT2D eigenvalue weighted by molar-refractivity contribution is 7.78. The Labute approximate surface area is 70.3 Å². The van der Waals surface area contributed by atoms with Gasteiger partial charge in [0.2, 0.25) is 11.6 Å². The summed E-state index contributed by atoms with van der Waals surface area (Å²) in [5.74, 6) is 0.152. The Morgan fingerprint density at radius 1 is 1.67 bits per heavy atom. The number of hydrogen-bond donors (Lipinski definition) is 1.